The molecule has 0 aromatic heterocycles. The van der Waals surface area contributed by atoms with Gasteiger partial charge in [-0.05, 0) is 38.6 Å². The van der Waals surface area contributed by atoms with Crippen LogP contribution in [-0.4, -0.2) is 81.4 Å². The third-order valence-corrected chi connectivity index (χ3v) is 8.43. The predicted molar refractivity (Wildman–Crippen MR) is 129 cm³/mol. The van der Waals surface area contributed by atoms with E-state index in [1.807, 2.05) is 0 Å². The quantitative estimate of drug-likeness (QED) is 0.274. The Hall–Kier alpha value is -3.06. The summed E-state index contributed by atoms with van der Waals surface area (Å²) in [6.45, 7) is 3.17. The maximum atomic E-state index is 14.0. The van der Waals surface area contributed by atoms with Gasteiger partial charge < -0.3 is 45.1 Å². The normalized spacial score (nSPS) is 35.1. The lowest BCUT2D eigenvalue weighted by Crippen LogP contribution is -2.68. The molecule has 7 atom stereocenters. The second kappa shape index (κ2) is 7.98. The number of aliphatic hydroxyl groups is 3. The van der Waals surface area contributed by atoms with E-state index in [2.05, 4.69) is 5.32 Å². The number of hydrogen-bond donors (Lipinski definition) is 6. The molecule has 2 aromatic rings. The fraction of sp³-hybridized carbons (Fsp3) is 0.481. The Labute approximate surface area is 217 Å². The molecule has 0 radical (unpaired) electrons. The second-order valence-corrected chi connectivity index (χ2v) is 11.0. The Balaban J connectivity index is 1.59. The minimum atomic E-state index is -1.50. The number of ether oxygens (including phenoxy) is 3. The van der Waals surface area contributed by atoms with Crippen molar-refractivity contribution in [2.24, 2.45) is 0 Å². The summed E-state index contributed by atoms with van der Waals surface area (Å²) in [4.78, 5) is 27.8. The SMILES string of the molecule is CN[C@H]1[C@H](O)[C@@H]2Oc3c(cc(O)c4c3C(=O)c3cc5c(c(O)c3C4=O)[C@H](OC)C[C@](C)(O)C5)[C@@](C)(O2)[C@@H]1O. The molecule has 0 unspecified atom stereocenters. The molecule has 0 saturated carbocycles. The van der Waals surface area contributed by atoms with Crippen LogP contribution < -0.4 is 10.1 Å². The number of likely N-dealkylation sites (N-methyl/N-ethyl adjacent to an activating group) is 1. The molecule has 1 fully saturated rings. The molecular formula is C27H29NO10. The highest BCUT2D eigenvalue weighted by Gasteiger charge is 2.58. The number of phenols is 2. The molecule has 2 aliphatic carbocycles. The summed E-state index contributed by atoms with van der Waals surface area (Å²) in [6, 6.07) is 1.83. The van der Waals surface area contributed by atoms with E-state index in [0.717, 1.165) is 0 Å². The first-order valence-electron chi connectivity index (χ1n) is 12.4. The number of hydrogen-bond acceptors (Lipinski definition) is 11. The third kappa shape index (κ3) is 3.11. The molecule has 2 bridgehead atoms. The Kier molecular flexibility index (Phi) is 5.30. The van der Waals surface area contributed by atoms with Crippen molar-refractivity contribution in [2.75, 3.05) is 14.2 Å². The Morgan fingerprint density at radius 1 is 1.08 bits per heavy atom. The van der Waals surface area contributed by atoms with Gasteiger partial charge in [0, 0.05) is 36.6 Å². The summed E-state index contributed by atoms with van der Waals surface area (Å²) in [7, 11) is 2.98. The van der Waals surface area contributed by atoms with Gasteiger partial charge >= 0.3 is 0 Å². The molecule has 4 aliphatic rings. The highest BCUT2D eigenvalue weighted by molar-refractivity contribution is 6.31. The fourth-order valence-corrected chi connectivity index (χ4v) is 6.53. The van der Waals surface area contributed by atoms with Crippen molar-refractivity contribution in [3.8, 4) is 17.2 Å². The minimum absolute atomic E-state index is 0.0906. The largest absolute Gasteiger partial charge is 0.507 e. The lowest BCUT2D eigenvalue weighted by molar-refractivity contribution is -0.302. The molecule has 0 spiro atoms. The second-order valence-electron chi connectivity index (χ2n) is 11.0. The number of fused-ring (bicyclic) bond motifs is 8. The van der Waals surface area contributed by atoms with Gasteiger partial charge in [-0.25, -0.2) is 0 Å². The van der Waals surface area contributed by atoms with Crippen LogP contribution in [0.25, 0.3) is 0 Å². The number of nitrogens with one attached hydrogen (secondary N) is 1. The van der Waals surface area contributed by atoms with E-state index in [4.69, 9.17) is 14.2 Å². The van der Waals surface area contributed by atoms with Gasteiger partial charge in [-0.15, -0.1) is 0 Å². The van der Waals surface area contributed by atoms with Crippen LogP contribution >= 0.6 is 0 Å². The van der Waals surface area contributed by atoms with E-state index in [-0.39, 0.29) is 46.4 Å². The maximum absolute atomic E-state index is 14.0. The van der Waals surface area contributed by atoms with Crippen molar-refractivity contribution < 1.29 is 49.3 Å². The summed E-state index contributed by atoms with van der Waals surface area (Å²) < 4.78 is 17.3. The average molecular weight is 528 g/mol. The summed E-state index contributed by atoms with van der Waals surface area (Å²) >= 11 is 0. The monoisotopic (exact) mass is 527 g/mol. The molecular weight excluding hydrogens is 498 g/mol. The third-order valence-electron chi connectivity index (χ3n) is 8.43. The zero-order valence-electron chi connectivity index (χ0n) is 21.2. The number of aromatic hydroxyl groups is 2. The van der Waals surface area contributed by atoms with Crippen molar-refractivity contribution in [1.29, 1.82) is 0 Å². The number of rotatable bonds is 2. The van der Waals surface area contributed by atoms with Crippen molar-refractivity contribution in [3.05, 3.63) is 51.1 Å². The van der Waals surface area contributed by atoms with Crippen LogP contribution in [0.15, 0.2) is 12.1 Å². The minimum Gasteiger partial charge on any atom is -0.507 e. The number of ketones is 2. The van der Waals surface area contributed by atoms with Crippen LogP contribution in [0.3, 0.4) is 0 Å². The zero-order valence-corrected chi connectivity index (χ0v) is 21.2. The summed E-state index contributed by atoms with van der Waals surface area (Å²) in [5, 5.41) is 57.7. The topological polar surface area (TPSA) is 175 Å². The Morgan fingerprint density at radius 3 is 2.45 bits per heavy atom. The van der Waals surface area contributed by atoms with Crippen LogP contribution in [0.5, 0.6) is 17.2 Å². The highest BCUT2D eigenvalue weighted by atomic mass is 16.7. The van der Waals surface area contributed by atoms with E-state index in [1.165, 1.54) is 19.2 Å². The molecule has 11 heteroatoms. The molecule has 202 valence electrons. The molecule has 38 heavy (non-hydrogen) atoms. The lowest BCUT2D eigenvalue weighted by atomic mass is 9.72. The number of carbonyl (C=O) groups is 2. The molecule has 1 saturated heterocycles. The average Bonchev–Trinajstić information content (AvgIpc) is 2.85. The van der Waals surface area contributed by atoms with E-state index in [9.17, 15) is 35.1 Å². The summed E-state index contributed by atoms with van der Waals surface area (Å²) in [6.07, 6.45) is -4.32. The molecule has 11 nitrogen and oxygen atoms in total. The zero-order chi connectivity index (χ0) is 27.5. The Morgan fingerprint density at radius 2 is 1.79 bits per heavy atom. The van der Waals surface area contributed by atoms with Crippen molar-refractivity contribution >= 4 is 11.6 Å². The summed E-state index contributed by atoms with van der Waals surface area (Å²) in [5.41, 5.74) is -2.74. The molecule has 2 heterocycles. The van der Waals surface area contributed by atoms with Gasteiger partial charge in [0.05, 0.1) is 34.4 Å². The number of carbonyl (C=O) groups excluding carboxylic acids is 2. The molecule has 2 aromatic carbocycles. The summed E-state index contributed by atoms with van der Waals surface area (Å²) in [5.74, 6) is -2.56. The van der Waals surface area contributed by atoms with Crippen LogP contribution in [0, 0.1) is 0 Å². The molecule has 0 amide bonds. The standard InChI is InChI=1S/C27H29NO10/c1-26(35)7-9-5-10-15(20(31)14(9)13(8-26)36-4)21(32)16-12(29)6-11-23(17(16)19(10)30)37-25-22(33)18(28-3)24(34)27(11,2)38-25/h5-6,13,18,22,24-25,28-29,31,33-35H,7-8H2,1-4H3/t13-,18+,22+,24-,25-,26-,27-/m1/s1. The predicted octanol–water partition coefficient (Wildman–Crippen LogP) is 0.532. The first-order valence-corrected chi connectivity index (χ1v) is 12.4. The fourth-order valence-electron chi connectivity index (χ4n) is 6.53. The first-order chi connectivity index (χ1) is 17.8. The highest BCUT2D eigenvalue weighted by Crippen LogP contribution is 2.54. The molecule has 6 rings (SSSR count). The number of methoxy groups -OCH3 is 1. The number of phenolic OH excluding ortho intramolecular Hbond substituents is 2. The van der Waals surface area contributed by atoms with Crippen LogP contribution in [0.4, 0.5) is 0 Å². The smallest absolute Gasteiger partial charge is 0.228 e. The number of aliphatic hydroxyl groups excluding tert-OH is 2. The van der Waals surface area contributed by atoms with Crippen molar-refractivity contribution in [2.45, 2.75) is 68.5 Å². The van der Waals surface area contributed by atoms with E-state index in [0.29, 0.717) is 11.1 Å². The Bertz CT molecular complexity index is 1420. The van der Waals surface area contributed by atoms with E-state index < -0.39 is 64.9 Å². The first kappa shape index (κ1) is 25.2. The van der Waals surface area contributed by atoms with Gasteiger partial charge in [0.15, 0.2) is 5.78 Å². The van der Waals surface area contributed by atoms with Crippen molar-refractivity contribution in [3.63, 3.8) is 0 Å². The van der Waals surface area contributed by atoms with Crippen LogP contribution in [0.1, 0.15) is 74.9 Å². The van der Waals surface area contributed by atoms with Gasteiger partial charge in [0.1, 0.15) is 35.1 Å². The van der Waals surface area contributed by atoms with Crippen molar-refractivity contribution in [1.82, 2.24) is 5.32 Å². The lowest BCUT2D eigenvalue weighted by Gasteiger charge is -2.52. The number of benzene rings is 2. The van der Waals surface area contributed by atoms with Gasteiger partial charge in [0.2, 0.25) is 12.1 Å². The van der Waals surface area contributed by atoms with Gasteiger partial charge in [-0.3, -0.25) is 9.59 Å². The van der Waals surface area contributed by atoms with Gasteiger partial charge in [-0.2, -0.15) is 0 Å². The van der Waals surface area contributed by atoms with E-state index >= 15 is 0 Å². The maximum Gasteiger partial charge on any atom is 0.228 e. The van der Waals surface area contributed by atoms with Crippen LogP contribution in [0.2, 0.25) is 0 Å². The van der Waals surface area contributed by atoms with E-state index in [1.54, 1.807) is 20.9 Å². The van der Waals surface area contributed by atoms with Crippen LogP contribution in [-0.2, 0) is 21.5 Å². The molecule has 6 N–H and O–H groups in total. The van der Waals surface area contributed by atoms with Gasteiger partial charge in [-0.1, -0.05) is 0 Å². The van der Waals surface area contributed by atoms with Gasteiger partial charge in [0.25, 0.3) is 0 Å². The molecule has 2 aliphatic heterocycles.